The van der Waals surface area contributed by atoms with Crippen molar-refractivity contribution in [1.29, 1.82) is 0 Å². The molecular weight excluding hydrogens is 189 g/mol. The zero-order valence-corrected chi connectivity index (χ0v) is 7.26. The molecule has 0 radical (unpaired) electrons. The topological polar surface area (TPSA) is 59.3 Å². The van der Waals surface area contributed by atoms with E-state index in [1.165, 1.54) is 18.3 Å². The number of hydrogen-bond acceptors (Lipinski definition) is 4. The molecule has 2 rings (SSSR count). The molecule has 1 aliphatic rings. The Morgan fingerprint density at radius 2 is 2.29 bits per heavy atom. The normalized spacial score (nSPS) is 16.5. The van der Waals surface area contributed by atoms with E-state index in [-0.39, 0.29) is 5.69 Å². The van der Waals surface area contributed by atoms with Gasteiger partial charge in [-0.2, -0.15) is 0 Å². The minimum absolute atomic E-state index is 0.0499. The molecule has 0 atom stereocenters. The van der Waals surface area contributed by atoms with Crippen LogP contribution in [-0.2, 0) is 0 Å². The van der Waals surface area contributed by atoms with Gasteiger partial charge in [0, 0.05) is 6.07 Å². The van der Waals surface area contributed by atoms with Crippen LogP contribution < -0.4 is 4.90 Å². The van der Waals surface area contributed by atoms with Gasteiger partial charge in [0.15, 0.2) is 0 Å². The van der Waals surface area contributed by atoms with Gasteiger partial charge in [-0.3, -0.25) is 10.1 Å². The van der Waals surface area contributed by atoms with Gasteiger partial charge in [0.25, 0.3) is 5.69 Å². The summed E-state index contributed by atoms with van der Waals surface area (Å²) in [6.07, 6.45) is 0.382. The van der Waals surface area contributed by atoms with E-state index in [1.54, 1.807) is 4.90 Å². The summed E-state index contributed by atoms with van der Waals surface area (Å²) >= 11 is 0. The minimum atomic E-state index is -0.799. The highest BCUT2D eigenvalue weighted by Crippen LogP contribution is 2.21. The lowest BCUT2D eigenvalue weighted by molar-refractivity contribution is -0.385. The zero-order valence-electron chi connectivity index (χ0n) is 7.26. The predicted molar refractivity (Wildman–Crippen MR) is 48.0 cm³/mol. The van der Waals surface area contributed by atoms with Crippen LogP contribution in [0.1, 0.15) is 0 Å². The number of aromatic nitrogens is 1. The summed E-state index contributed by atoms with van der Waals surface area (Å²) in [7, 11) is 0. The number of hydrogen-bond donors (Lipinski definition) is 0. The van der Waals surface area contributed by atoms with Crippen molar-refractivity contribution in [2.45, 2.75) is 6.17 Å². The first-order valence-corrected chi connectivity index (χ1v) is 4.16. The van der Waals surface area contributed by atoms with Crippen molar-refractivity contribution in [3.8, 4) is 0 Å². The van der Waals surface area contributed by atoms with Crippen LogP contribution >= 0.6 is 0 Å². The predicted octanol–water partition coefficient (Wildman–Crippen LogP) is 1.15. The quantitative estimate of drug-likeness (QED) is 0.527. The summed E-state index contributed by atoms with van der Waals surface area (Å²) in [5.41, 5.74) is -0.0499. The molecule has 1 saturated heterocycles. The Hall–Kier alpha value is -1.72. The molecule has 1 fully saturated rings. The van der Waals surface area contributed by atoms with E-state index in [4.69, 9.17) is 0 Å². The second kappa shape index (κ2) is 3.21. The van der Waals surface area contributed by atoms with Crippen LogP contribution in [0.2, 0.25) is 0 Å². The van der Waals surface area contributed by atoms with Crippen molar-refractivity contribution < 1.29 is 9.31 Å². The molecule has 0 amide bonds. The van der Waals surface area contributed by atoms with Crippen molar-refractivity contribution in [2.75, 3.05) is 18.0 Å². The molecule has 1 aliphatic heterocycles. The van der Waals surface area contributed by atoms with E-state index in [9.17, 15) is 14.5 Å². The molecular formula is C8H8FN3O2. The van der Waals surface area contributed by atoms with Gasteiger partial charge in [0.1, 0.15) is 18.2 Å². The fourth-order valence-electron chi connectivity index (χ4n) is 1.29. The summed E-state index contributed by atoms with van der Waals surface area (Å²) in [6, 6.07) is 2.90. The summed E-state index contributed by atoms with van der Waals surface area (Å²) in [5.74, 6) is 0.588. The minimum Gasteiger partial charge on any atom is -0.351 e. The maximum absolute atomic E-state index is 12.5. The summed E-state index contributed by atoms with van der Waals surface area (Å²) in [5, 5.41) is 10.3. The lowest BCUT2D eigenvalue weighted by Gasteiger charge is -2.35. The number of anilines is 1. The lowest BCUT2D eigenvalue weighted by atomic mass is 10.2. The Kier molecular flexibility index (Phi) is 2.03. The average molecular weight is 197 g/mol. The molecule has 74 valence electrons. The third-order valence-electron chi connectivity index (χ3n) is 2.10. The summed E-state index contributed by atoms with van der Waals surface area (Å²) in [6.45, 7) is 0.648. The molecule has 0 aliphatic carbocycles. The molecule has 0 unspecified atom stereocenters. The van der Waals surface area contributed by atoms with Crippen molar-refractivity contribution in [3.63, 3.8) is 0 Å². The Morgan fingerprint density at radius 3 is 2.71 bits per heavy atom. The zero-order chi connectivity index (χ0) is 10.1. The Bertz CT molecular complexity index is 348. The lowest BCUT2D eigenvalue weighted by Crippen LogP contribution is -2.48. The van der Waals surface area contributed by atoms with Crippen molar-refractivity contribution in [2.24, 2.45) is 0 Å². The first-order chi connectivity index (χ1) is 6.66. The molecule has 2 heterocycles. The van der Waals surface area contributed by atoms with Gasteiger partial charge in [0.05, 0.1) is 18.0 Å². The maximum Gasteiger partial charge on any atom is 0.287 e. The standard InChI is InChI=1S/C8H8FN3O2/c9-6-4-11(5-6)8-2-1-7(3-10-8)12(13)14/h1-3,6H,4-5H2. The number of rotatable bonds is 2. The van der Waals surface area contributed by atoms with E-state index in [2.05, 4.69) is 4.98 Å². The maximum atomic E-state index is 12.5. The van der Waals surface area contributed by atoms with Crippen molar-refractivity contribution >= 4 is 11.5 Å². The summed E-state index contributed by atoms with van der Waals surface area (Å²) < 4.78 is 12.5. The van der Waals surface area contributed by atoms with Crippen LogP contribution in [0.15, 0.2) is 18.3 Å². The Morgan fingerprint density at radius 1 is 1.57 bits per heavy atom. The Balaban J connectivity index is 2.10. The van der Waals surface area contributed by atoms with E-state index in [0.717, 1.165) is 0 Å². The first-order valence-electron chi connectivity index (χ1n) is 4.16. The highest BCUT2D eigenvalue weighted by Gasteiger charge is 2.27. The molecule has 14 heavy (non-hydrogen) atoms. The smallest absolute Gasteiger partial charge is 0.287 e. The van der Waals surface area contributed by atoms with E-state index >= 15 is 0 Å². The third-order valence-corrected chi connectivity index (χ3v) is 2.10. The number of alkyl halides is 1. The number of halogens is 1. The van der Waals surface area contributed by atoms with E-state index in [1.807, 2.05) is 0 Å². The fraction of sp³-hybridized carbons (Fsp3) is 0.375. The molecule has 0 saturated carbocycles. The Labute approximate surface area is 79.3 Å². The molecule has 0 spiro atoms. The highest BCUT2D eigenvalue weighted by atomic mass is 19.1. The number of pyridine rings is 1. The average Bonchev–Trinajstić information content (AvgIpc) is 2.13. The van der Waals surface area contributed by atoms with Crippen LogP contribution in [0.3, 0.4) is 0 Å². The molecule has 5 nitrogen and oxygen atoms in total. The molecule has 1 aromatic rings. The first kappa shape index (κ1) is 8.86. The van der Waals surface area contributed by atoms with E-state index < -0.39 is 11.1 Å². The van der Waals surface area contributed by atoms with Crippen LogP contribution in [0, 0.1) is 10.1 Å². The van der Waals surface area contributed by atoms with Crippen LogP contribution in [0.4, 0.5) is 15.9 Å². The van der Waals surface area contributed by atoms with Gasteiger partial charge in [-0.15, -0.1) is 0 Å². The summed E-state index contributed by atoms with van der Waals surface area (Å²) in [4.78, 5) is 15.4. The second-order valence-electron chi connectivity index (χ2n) is 3.13. The highest BCUT2D eigenvalue weighted by molar-refractivity contribution is 5.45. The van der Waals surface area contributed by atoms with Crippen LogP contribution in [0.5, 0.6) is 0 Å². The third kappa shape index (κ3) is 1.50. The van der Waals surface area contributed by atoms with Gasteiger partial charge in [0.2, 0.25) is 0 Å². The fourth-order valence-corrected chi connectivity index (χ4v) is 1.29. The largest absolute Gasteiger partial charge is 0.351 e. The van der Waals surface area contributed by atoms with Crippen LogP contribution in [-0.4, -0.2) is 29.2 Å². The van der Waals surface area contributed by atoms with Crippen LogP contribution in [0.25, 0.3) is 0 Å². The van der Waals surface area contributed by atoms with Gasteiger partial charge < -0.3 is 4.90 Å². The molecule has 0 aromatic carbocycles. The van der Waals surface area contributed by atoms with E-state index in [0.29, 0.717) is 18.9 Å². The van der Waals surface area contributed by atoms with Crippen molar-refractivity contribution in [1.82, 2.24) is 4.98 Å². The SMILES string of the molecule is O=[N+]([O-])c1ccc(N2CC(F)C2)nc1. The van der Waals surface area contributed by atoms with Crippen molar-refractivity contribution in [3.05, 3.63) is 28.4 Å². The molecule has 6 heteroatoms. The molecule has 0 bridgehead atoms. The van der Waals surface area contributed by atoms with Gasteiger partial charge in [-0.1, -0.05) is 0 Å². The van der Waals surface area contributed by atoms with Gasteiger partial charge >= 0.3 is 0 Å². The second-order valence-corrected chi connectivity index (χ2v) is 3.13. The van der Waals surface area contributed by atoms with Gasteiger partial charge in [-0.05, 0) is 6.07 Å². The monoisotopic (exact) mass is 197 g/mol. The number of nitrogens with zero attached hydrogens (tertiary/aromatic N) is 3. The number of nitro groups is 1. The molecule has 0 N–H and O–H groups in total. The molecule has 1 aromatic heterocycles. The van der Waals surface area contributed by atoms with Gasteiger partial charge in [-0.25, -0.2) is 9.37 Å².